The Hall–Kier alpha value is -0.0800. The van der Waals surface area contributed by atoms with Gasteiger partial charge in [0.1, 0.15) is 0 Å². The summed E-state index contributed by atoms with van der Waals surface area (Å²) >= 11 is 0. The van der Waals surface area contributed by atoms with Crippen LogP contribution in [0.25, 0.3) is 0 Å². The van der Waals surface area contributed by atoms with Gasteiger partial charge in [0.05, 0.1) is 0 Å². The first kappa shape index (κ1) is 13.4. The molecule has 17 heavy (non-hydrogen) atoms. The number of hydrogen-bond donors (Lipinski definition) is 1. The van der Waals surface area contributed by atoms with Gasteiger partial charge in [-0.2, -0.15) is 0 Å². The minimum absolute atomic E-state index is 0.111. The van der Waals surface area contributed by atoms with E-state index in [2.05, 4.69) is 18.7 Å². The number of nitrogens with zero attached hydrogens (tertiary/aromatic N) is 1. The molecule has 1 heterocycles. The molecular weight excluding hydrogens is 210 g/mol. The fourth-order valence-corrected chi connectivity index (χ4v) is 3.62. The summed E-state index contributed by atoms with van der Waals surface area (Å²) in [5.74, 6) is 0. The minimum Gasteiger partial charge on any atom is -0.396 e. The zero-order chi connectivity index (χ0) is 12.4. The minimum atomic E-state index is 0.111. The van der Waals surface area contributed by atoms with Crippen molar-refractivity contribution in [2.45, 2.75) is 58.8 Å². The third-order valence-electron chi connectivity index (χ3n) is 5.42. The standard InChI is InChI=1S/C15H29NO/c1-3-14(2,13-17)12-16-10-8-15(9-11-16)6-4-5-7-15/h17H,3-13H2,1-2H3. The Morgan fingerprint density at radius 1 is 1.12 bits per heavy atom. The molecule has 1 saturated carbocycles. The van der Waals surface area contributed by atoms with Crippen LogP contribution >= 0.6 is 0 Å². The molecule has 2 nitrogen and oxygen atoms in total. The molecule has 0 radical (unpaired) electrons. The third-order valence-corrected chi connectivity index (χ3v) is 5.42. The first-order valence-electron chi connectivity index (χ1n) is 7.45. The Kier molecular flexibility index (Phi) is 4.14. The molecule has 1 N–H and O–H groups in total. The highest BCUT2D eigenvalue weighted by molar-refractivity contribution is 4.91. The predicted octanol–water partition coefficient (Wildman–Crippen LogP) is 3.05. The van der Waals surface area contributed by atoms with Gasteiger partial charge in [-0.3, -0.25) is 0 Å². The summed E-state index contributed by atoms with van der Waals surface area (Å²) in [5, 5.41) is 9.49. The van der Waals surface area contributed by atoms with Gasteiger partial charge in [0.2, 0.25) is 0 Å². The summed E-state index contributed by atoms with van der Waals surface area (Å²) in [5.41, 5.74) is 0.832. The molecule has 0 amide bonds. The van der Waals surface area contributed by atoms with E-state index in [0.29, 0.717) is 6.61 Å². The van der Waals surface area contributed by atoms with Crippen molar-refractivity contribution >= 4 is 0 Å². The highest BCUT2D eigenvalue weighted by atomic mass is 16.3. The van der Waals surface area contributed by atoms with Crippen molar-refractivity contribution in [3.63, 3.8) is 0 Å². The monoisotopic (exact) mass is 239 g/mol. The smallest absolute Gasteiger partial charge is 0.0496 e. The maximum Gasteiger partial charge on any atom is 0.0496 e. The largest absolute Gasteiger partial charge is 0.396 e. The van der Waals surface area contributed by atoms with Crippen molar-refractivity contribution in [2.75, 3.05) is 26.2 Å². The van der Waals surface area contributed by atoms with Gasteiger partial charge in [-0.15, -0.1) is 0 Å². The second-order valence-electron chi connectivity index (χ2n) is 6.81. The molecule has 1 aliphatic heterocycles. The molecule has 1 spiro atoms. The summed E-state index contributed by atoms with van der Waals surface area (Å²) < 4.78 is 0. The molecule has 1 unspecified atom stereocenters. The van der Waals surface area contributed by atoms with Crippen molar-refractivity contribution in [3.8, 4) is 0 Å². The molecule has 2 heteroatoms. The summed E-state index contributed by atoms with van der Waals surface area (Å²) in [6.07, 6.45) is 9.76. The van der Waals surface area contributed by atoms with Crippen LogP contribution in [0, 0.1) is 10.8 Å². The van der Waals surface area contributed by atoms with E-state index in [1.807, 2.05) is 0 Å². The second-order valence-corrected chi connectivity index (χ2v) is 6.81. The Morgan fingerprint density at radius 2 is 1.71 bits per heavy atom. The van der Waals surface area contributed by atoms with Crippen molar-refractivity contribution in [1.29, 1.82) is 0 Å². The lowest BCUT2D eigenvalue weighted by Gasteiger charge is -2.42. The van der Waals surface area contributed by atoms with Crippen LogP contribution in [0.5, 0.6) is 0 Å². The highest BCUT2D eigenvalue weighted by Crippen LogP contribution is 2.46. The summed E-state index contributed by atoms with van der Waals surface area (Å²) in [6.45, 7) is 8.33. The van der Waals surface area contributed by atoms with E-state index in [-0.39, 0.29) is 5.41 Å². The summed E-state index contributed by atoms with van der Waals surface area (Å²) in [4.78, 5) is 2.59. The van der Waals surface area contributed by atoms with Crippen LogP contribution in [0.2, 0.25) is 0 Å². The first-order valence-corrected chi connectivity index (χ1v) is 7.45. The average Bonchev–Trinajstić information content (AvgIpc) is 2.81. The molecule has 0 aromatic rings. The molecule has 1 aliphatic carbocycles. The van der Waals surface area contributed by atoms with Gasteiger partial charge in [-0.1, -0.05) is 26.7 Å². The van der Waals surface area contributed by atoms with Crippen LogP contribution in [0.4, 0.5) is 0 Å². The van der Waals surface area contributed by atoms with Gasteiger partial charge < -0.3 is 10.0 Å². The highest BCUT2D eigenvalue weighted by Gasteiger charge is 2.38. The van der Waals surface area contributed by atoms with E-state index in [1.165, 1.54) is 51.6 Å². The molecule has 2 rings (SSSR count). The number of aliphatic hydroxyl groups is 1. The zero-order valence-electron chi connectivity index (χ0n) is 11.7. The lowest BCUT2D eigenvalue weighted by molar-refractivity contribution is 0.0437. The first-order chi connectivity index (χ1) is 8.11. The number of piperidine rings is 1. The second kappa shape index (κ2) is 5.27. The Bertz CT molecular complexity index is 231. The van der Waals surface area contributed by atoms with E-state index in [0.717, 1.165) is 18.4 Å². The topological polar surface area (TPSA) is 23.5 Å². The van der Waals surface area contributed by atoms with E-state index >= 15 is 0 Å². The predicted molar refractivity (Wildman–Crippen MR) is 72.1 cm³/mol. The molecule has 1 saturated heterocycles. The van der Waals surface area contributed by atoms with Gasteiger partial charge in [0, 0.05) is 18.6 Å². The average molecular weight is 239 g/mol. The Morgan fingerprint density at radius 3 is 2.18 bits per heavy atom. The van der Waals surface area contributed by atoms with Crippen LogP contribution in [0.1, 0.15) is 58.8 Å². The van der Waals surface area contributed by atoms with Crippen LogP contribution in [-0.2, 0) is 0 Å². The fourth-order valence-electron chi connectivity index (χ4n) is 3.62. The van der Waals surface area contributed by atoms with E-state index in [9.17, 15) is 5.11 Å². The van der Waals surface area contributed by atoms with Crippen LogP contribution in [0.15, 0.2) is 0 Å². The van der Waals surface area contributed by atoms with Gasteiger partial charge in [0.25, 0.3) is 0 Å². The van der Waals surface area contributed by atoms with Crippen LogP contribution in [0.3, 0.4) is 0 Å². The number of aliphatic hydroxyl groups excluding tert-OH is 1. The molecule has 2 fully saturated rings. The van der Waals surface area contributed by atoms with E-state index < -0.39 is 0 Å². The summed E-state index contributed by atoms with van der Waals surface area (Å²) in [7, 11) is 0. The van der Waals surface area contributed by atoms with Crippen molar-refractivity contribution in [3.05, 3.63) is 0 Å². The SMILES string of the molecule is CCC(C)(CO)CN1CCC2(CCCC2)CC1. The van der Waals surface area contributed by atoms with Gasteiger partial charge in [0.15, 0.2) is 0 Å². The number of rotatable bonds is 4. The number of hydrogen-bond acceptors (Lipinski definition) is 2. The van der Waals surface area contributed by atoms with Gasteiger partial charge in [-0.05, 0) is 50.6 Å². The number of likely N-dealkylation sites (tertiary alicyclic amines) is 1. The lowest BCUT2D eigenvalue weighted by Crippen LogP contribution is -2.44. The van der Waals surface area contributed by atoms with E-state index in [4.69, 9.17) is 0 Å². The van der Waals surface area contributed by atoms with Crippen molar-refractivity contribution in [2.24, 2.45) is 10.8 Å². The van der Waals surface area contributed by atoms with E-state index in [1.54, 1.807) is 0 Å². The molecule has 0 bridgehead atoms. The fraction of sp³-hybridized carbons (Fsp3) is 1.00. The Balaban J connectivity index is 1.82. The third kappa shape index (κ3) is 3.03. The maximum absolute atomic E-state index is 9.49. The normalized spacial score (nSPS) is 28.4. The zero-order valence-corrected chi connectivity index (χ0v) is 11.7. The molecule has 1 atom stereocenters. The maximum atomic E-state index is 9.49. The van der Waals surface area contributed by atoms with Crippen molar-refractivity contribution < 1.29 is 5.11 Å². The molecule has 2 aliphatic rings. The van der Waals surface area contributed by atoms with Crippen LogP contribution < -0.4 is 0 Å². The van der Waals surface area contributed by atoms with Gasteiger partial charge in [-0.25, -0.2) is 0 Å². The van der Waals surface area contributed by atoms with Crippen molar-refractivity contribution in [1.82, 2.24) is 4.90 Å². The molecule has 0 aromatic heterocycles. The van der Waals surface area contributed by atoms with Gasteiger partial charge >= 0.3 is 0 Å². The quantitative estimate of drug-likeness (QED) is 0.815. The molecule has 100 valence electrons. The Labute approximate surface area is 106 Å². The van der Waals surface area contributed by atoms with Crippen LogP contribution in [-0.4, -0.2) is 36.2 Å². The lowest BCUT2D eigenvalue weighted by atomic mass is 9.76. The molecule has 0 aromatic carbocycles. The molecular formula is C15H29NO. The summed E-state index contributed by atoms with van der Waals surface area (Å²) in [6, 6.07) is 0.